The van der Waals surface area contributed by atoms with E-state index in [-0.39, 0.29) is 5.82 Å². The van der Waals surface area contributed by atoms with E-state index >= 15 is 0 Å². The van der Waals surface area contributed by atoms with Crippen LogP contribution in [0.3, 0.4) is 0 Å². The van der Waals surface area contributed by atoms with Crippen molar-refractivity contribution >= 4 is 0 Å². The van der Waals surface area contributed by atoms with E-state index in [2.05, 4.69) is 6.92 Å². The molecular weight excluding hydrogens is 165 g/mol. The molecule has 13 heavy (non-hydrogen) atoms. The molecule has 0 saturated carbocycles. The molecule has 1 aromatic heterocycles. The zero-order valence-electron chi connectivity index (χ0n) is 7.07. The molecule has 1 heterocycles. The van der Waals surface area contributed by atoms with Gasteiger partial charge >= 0.3 is 0 Å². The third-order valence-corrected chi connectivity index (χ3v) is 1.94. The third-order valence-electron chi connectivity index (χ3n) is 1.94. The molecule has 0 bridgehead atoms. The fourth-order valence-corrected chi connectivity index (χ4v) is 1.27. The predicted molar refractivity (Wildman–Crippen MR) is 50.2 cm³/mol. The van der Waals surface area contributed by atoms with Gasteiger partial charge < -0.3 is 4.57 Å². The normalized spacial score (nSPS) is 10.3. The standard InChI is InChI=1S/C11H9FN/c1-9-3-2-8-13(9)11-6-4-10(12)5-7-11/h2-8H,1H2. The van der Waals surface area contributed by atoms with Crippen molar-refractivity contribution < 1.29 is 4.39 Å². The quantitative estimate of drug-likeness (QED) is 0.626. The van der Waals surface area contributed by atoms with Crippen molar-refractivity contribution in [1.82, 2.24) is 4.57 Å². The summed E-state index contributed by atoms with van der Waals surface area (Å²) in [7, 11) is 0. The van der Waals surface area contributed by atoms with Crippen molar-refractivity contribution in [3.05, 3.63) is 61.0 Å². The molecule has 1 nitrogen and oxygen atoms in total. The number of rotatable bonds is 1. The van der Waals surface area contributed by atoms with Crippen LogP contribution in [0, 0.1) is 12.7 Å². The summed E-state index contributed by atoms with van der Waals surface area (Å²) < 4.78 is 14.5. The minimum Gasteiger partial charge on any atom is -0.321 e. The molecule has 0 unspecified atom stereocenters. The fraction of sp³-hybridized carbons (Fsp3) is 0. The van der Waals surface area contributed by atoms with Gasteiger partial charge in [-0.2, -0.15) is 0 Å². The number of halogens is 1. The first kappa shape index (κ1) is 8.05. The Bertz CT molecular complexity index is 400. The molecule has 0 saturated heterocycles. The van der Waals surface area contributed by atoms with Crippen LogP contribution in [0.5, 0.6) is 0 Å². The van der Waals surface area contributed by atoms with Crippen LogP contribution in [-0.2, 0) is 0 Å². The minimum absolute atomic E-state index is 0.221. The second kappa shape index (κ2) is 3.05. The van der Waals surface area contributed by atoms with Crippen LogP contribution >= 0.6 is 0 Å². The van der Waals surface area contributed by atoms with Gasteiger partial charge in [0.1, 0.15) is 5.82 Å². The van der Waals surface area contributed by atoms with E-state index < -0.39 is 0 Å². The largest absolute Gasteiger partial charge is 0.321 e. The lowest BCUT2D eigenvalue weighted by Gasteiger charge is -2.04. The van der Waals surface area contributed by atoms with Gasteiger partial charge in [0.15, 0.2) is 0 Å². The van der Waals surface area contributed by atoms with Crippen molar-refractivity contribution in [2.45, 2.75) is 0 Å². The minimum atomic E-state index is -0.221. The second-order valence-electron chi connectivity index (χ2n) is 2.85. The number of nitrogens with zero attached hydrogens (tertiary/aromatic N) is 1. The first-order chi connectivity index (χ1) is 6.27. The van der Waals surface area contributed by atoms with Crippen LogP contribution in [0.2, 0.25) is 0 Å². The number of benzene rings is 1. The maximum atomic E-state index is 12.6. The predicted octanol–water partition coefficient (Wildman–Crippen LogP) is 2.80. The monoisotopic (exact) mass is 174 g/mol. The molecule has 0 aliphatic rings. The summed E-state index contributed by atoms with van der Waals surface area (Å²) in [6, 6.07) is 10.1. The molecule has 0 N–H and O–H groups in total. The highest BCUT2D eigenvalue weighted by Crippen LogP contribution is 2.12. The van der Waals surface area contributed by atoms with Crippen molar-refractivity contribution in [2.75, 3.05) is 0 Å². The van der Waals surface area contributed by atoms with Crippen LogP contribution in [0.1, 0.15) is 5.69 Å². The highest BCUT2D eigenvalue weighted by molar-refractivity contribution is 5.35. The lowest BCUT2D eigenvalue weighted by molar-refractivity contribution is 0.627. The molecule has 0 aliphatic carbocycles. The van der Waals surface area contributed by atoms with Gasteiger partial charge in [-0.1, -0.05) is 0 Å². The lowest BCUT2D eigenvalue weighted by atomic mass is 10.3. The zero-order valence-corrected chi connectivity index (χ0v) is 7.07. The van der Waals surface area contributed by atoms with E-state index in [9.17, 15) is 4.39 Å². The van der Waals surface area contributed by atoms with Gasteiger partial charge in [0.25, 0.3) is 0 Å². The zero-order chi connectivity index (χ0) is 9.26. The summed E-state index contributed by atoms with van der Waals surface area (Å²) in [6.07, 6.45) is 1.90. The van der Waals surface area contributed by atoms with E-state index in [0.717, 1.165) is 11.4 Å². The summed E-state index contributed by atoms with van der Waals surface area (Å²) >= 11 is 0. The molecule has 2 rings (SSSR count). The smallest absolute Gasteiger partial charge is 0.123 e. The highest BCUT2D eigenvalue weighted by Gasteiger charge is 1.98. The molecule has 0 atom stereocenters. The van der Waals surface area contributed by atoms with Gasteiger partial charge in [-0.3, -0.25) is 0 Å². The Morgan fingerprint density at radius 3 is 2.31 bits per heavy atom. The van der Waals surface area contributed by atoms with Crippen LogP contribution in [0.15, 0.2) is 42.6 Å². The second-order valence-corrected chi connectivity index (χ2v) is 2.85. The van der Waals surface area contributed by atoms with Crippen molar-refractivity contribution in [1.29, 1.82) is 0 Å². The van der Waals surface area contributed by atoms with Crippen LogP contribution in [0.25, 0.3) is 5.69 Å². The Morgan fingerprint density at radius 2 is 1.77 bits per heavy atom. The Balaban J connectivity index is 2.47. The average molecular weight is 174 g/mol. The van der Waals surface area contributed by atoms with E-state index in [0.29, 0.717) is 0 Å². The van der Waals surface area contributed by atoms with Gasteiger partial charge in [0.2, 0.25) is 0 Å². The Morgan fingerprint density at radius 1 is 1.08 bits per heavy atom. The van der Waals surface area contributed by atoms with Crippen molar-refractivity contribution in [3.8, 4) is 5.69 Å². The summed E-state index contributed by atoms with van der Waals surface area (Å²) in [5, 5.41) is 0. The number of hydrogen-bond donors (Lipinski definition) is 0. The molecule has 0 amide bonds. The topological polar surface area (TPSA) is 4.93 Å². The maximum Gasteiger partial charge on any atom is 0.123 e. The van der Waals surface area contributed by atoms with E-state index in [1.807, 2.05) is 22.9 Å². The van der Waals surface area contributed by atoms with Crippen molar-refractivity contribution in [3.63, 3.8) is 0 Å². The van der Waals surface area contributed by atoms with Gasteiger partial charge in [-0.05, 0) is 43.3 Å². The van der Waals surface area contributed by atoms with Gasteiger partial charge in [-0.15, -0.1) is 0 Å². The van der Waals surface area contributed by atoms with Crippen LogP contribution in [0.4, 0.5) is 4.39 Å². The van der Waals surface area contributed by atoms with Crippen molar-refractivity contribution in [2.24, 2.45) is 0 Å². The van der Waals surface area contributed by atoms with Crippen LogP contribution in [-0.4, -0.2) is 4.57 Å². The molecule has 65 valence electrons. The Labute approximate surface area is 76.4 Å². The van der Waals surface area contributed by atoms with Gasteiger partial charge in [0.05, 0.1) is 0 Å². The summed E-state index contributed by atoms with van der Waals surface area (Å²) in [4.78, 5) is 0. The molecular formula is C11H9FN. The molecule has 0 spiro atoms. The number of aromatic nitrogens is 1. The Hall–Kier alpha value is -1.57. The lowest BCUT2D eigenvalue weighted by Crippen LogP contribution is -1.93. The molecule has 1 radical (unpaired) electrons. The summed E-state index contributed by atoms with van der Waals surface area (Å²) in [5.41, 5.74) is 1.82. The first-order valence-corrected chi connectivity index (χ1v) is 4.02. The molecule has 2 aromatic rings. The third kappa shape index (κ3) is 1.47. The van der Waals surface area contributed by atoms with E-state index in [1.165, 1.54) is 12.1 Å². The Kier molecular flexibility index (Phi) is 1.89. The summed E-state index contributed by atoms with van der Waals surface area (Å²) in [6.45, 7) is 3.85. The van der Waals surface area contributed by atoms with Gasteiger partial charge in [-0.25, -0.2) is 4.39 Å². The van der Waals surface area contributed by atoms with Gasteiger partial charge in [0, 0.05) is 17.6 Å². The molecule has 0 aliphatic heterocycles. The molecule has 2 heteroatoms. The molecule has 0 fully saturated rings. The van der Waals surface area contributed by atoms with E-state index in [1.54, 1.807) is 12.1 Å². The highest BCUT2D eigenvalue weighted by atomic mass is 19.1. The van der Waals surface area contributed by atoms with E-state index in [4.69, 9.17) is 0 Å². The SMILES string of the molecule is [CH2]c1cccn1-c1ccc(F)cc1. The summed E-state index contributed by atoms with van der Waals surface area (Å²) in [5.74, 6) is -0.221. The molecule has 1 aromatic carbocycles. The maximum absolute atomic E-state index is 12.6. The van der Waals surface area contributed by atoms with Crippen LogP contribution < -0.4 is 0 Å². The fourth-order valence-electron chi connectivity index (χ4n) is 1.27. The first-order valence-electron chi connectivity index (χ1n) is 4.02. The number of hydrogen-bond acceptors (Lipinski definition) is 0. The average Bonchev–Trinajstić information content (AvgIpc) is 2.53.